The Balaban J connectivity index is 1.78. The number of hydrogen-bond donors (Lipinski definition) is 1. The average Bonchev–Trinajstić information content (AvgIpc) is 3.33. The molecule has 5 rings (SSSR count). The molecule has 2 atom stereocenters. The number of aromatic nitrogens is 2. The largest absolute Gasteiger partial charge is 0.437 e. The summed E-state index contributed by atoms with van der Waals surface area (Å²) in [7, 11) is -4.31. The van der Waals surface area contributed by atoms with Crippen LogP contribution in [0.15, 0.2) is 9.63 Å². The van der Waals surface area contributed by atoms with Crippen LogP contribution in [0.3, 0.4) is 0 Å². The van der Waals surface area contributed by atoms with E-state index in [2.05, 4.69) is 30.8 Å². The second kappa shape index (κ2) is 7.62. The lowest BCUT2D eigenvalue weighted by atomic mass is 9.83. The van der Waals surface area contributed by atoms with Crippen molar-refractivity contribution in [2.24, 2.45) is 0 Å². The van der Waals surface area contributed by atoms with Gasteiger partial charge in [-0.2, -0.15) is 0 Å². The van der Waals surface area contributed by atoms with Gasteiger partial charge in [0.05, 0.1) is 28.8 Å². The second-order valence-electron chi connectivity index (χ2n) is 8.41. The van der Waals surface area contributed by atoms with Gasteiger partial charge in [0.1, 0.15) is 11.3 Å². The molecule has 8 nitrogen and oxygen atoms in total. The van der Waals surface area contributed by atoms with Crippen LogP contribution in [-0.4, -0.2) is 66.2 Å². The fourth-order valence-corrected chi connectivity index (χ4v) is 6.25. The summed E-state index contributed by atoms with van der Waals surface area (Å²) in [6, 6.07) is 0.0987. The number of halogens is 2. The second-order valence-corrected chi connectivity index (χ2v) is 11.4. The molecule has 31 heavy (non-hydrogen) atoms. The Bertz CT molecular complexity index is 1170. The minimum atomic E-state index is -3.75. The molecule has 0 aliphatic carbocycles. The highest BCUT2D eigenvalue weighted by molar-refractivity contribution is 9.10. The summed E-state index contributed by atoms with van der Waals surface area (Å²) in [6.07, 6.45) is 1.79. The molecule has 2 saturated heterocycles. The zero-order valence-electron chi connectivity index (χ0n) is 17.3. The van der Waals surface area contributed by atoms with Crippen LogP contribution in [0, 0.1) is 5.82 Å². The molecule has 2 fully saturated rings. The van der Waals surface area contributed by atoms with Gasteiger partial charge in [0, 0.05) is 30.7 Å². The molecule has 1 N–H and O–H groups in total. The molecule has 3 aliphatic heterocycles. The van der Waals surface area contributed by atoms with Crippen molar-refractivity contribution in [2.45, 2.75) is 57.0 Å². The molecule has 0 amide bonds. The molecule has 0 radical (unpaired) electrons. The maximum absolute atomic E-state index is 15.4. The maximum atomic E-state index is 15.4. The molecule has 2 unspecified atom stereocenters. The number of sulfone groups is 1. The van der Waals surface area contributed by atoms with Crippen LogP contribution in [0.25, 0.3) is 10.9 Å². The number of benzene rings is 1. The molecule has 2 bridgehead atoms. The Hall–Kier alpha value is -1.34. The normalized spacial score (nSPS) is 23.6. The first-order valence-electron chi connectivity index (χ1n) is 10.4. The van der Waals surface area contributed by atoms with E-state index in [-0.39, 0.29) is 39.6 Å². The van der Waals surface area contributed by atoms with E-state index in [0.29, 0.717) is 30.9 Å². The van der Waals surface area contributed by atoms with E-state index in [9.17, 15) is 13.4 Å². The highest BCUT2D eigenvalue weighted by Gasteiger charge is 2.44. The molecule has 1 aromatic carbocycles. The van der Waals surface area contributed by atoms with E-state index in [1.807, 2.05) is 4.81 Å². The Morgan fingerprint density at radius 2 is 1.87 bits per heavy atom. The molecule has 2 aromatic rings. The lowest BCUT2D eigenvalue weighted by molar-refractivity contribution is 0.134. The van der Waals surface area contributed by atoms with Gasteiger partial charge >= 0.3 is 7.05 Å². The van der Waals surface area contributed by atoms with Gasteiger partial charge < -0.3 is 19.5 Å². The van der Waals surface area contributed by atoms with Gasteiger partial charge in [-0.15, -0.1) is 0 Å². The highest BCUT2D eigenvalue weighted by atomic mass is 79.9. The van der Waals surface area contributed by atoms with Crippen molar-refractivity contribution >= 4 is 49.5 Å². The van der Waals surface area contributed by atoms with Gasteiger partial charge in [-0.05, 0) is 41.2 Å². The van der Waals surface area contributed by atoms with Crippen LogP contribution in [0.4, 0.5) is 10.2 Å². The monoisotopic (exact) mass is 512 g/mol. The lowest BCUT2D eigenvalue weighted by Crippen LogP contribution is -2.57. The Morgan fingerprint density at radius 1 is 1.23 bits per heavy atom. The van der Waals surface area contributed by atoms with Crippen molar-refractivity contribution in [1.82, 2.24) is 14.8 Å². The zero-order valence-corrected chi connectivity index (χ0v) is 19.7. The lowest BCUT2D eigenvalue weighted by Gasteiger charge is -2.42. The predicted octanol–water partition coefficient (Wildman–Crippen LogP) is 2.12. The summed E-state index contributed by atoms with van der Waals surface area (Å²) in [4.78, 5) is 12.9. The minimum Gasteiger partial charge on any atom is -0.437 e. The van der Waals surface area contributed by atoms with Crippen LogP contribution in [0.5, 0.6) is 0 Å². The third-order valence-corrected chi connectivity index (χ3v) is 8.96. The fourth-order valence-electron chi connectivity index (χ4n) is 4.99. The van der Waals surface area contributed by atoms with Crippen LogP contribution in [-0.2, 0) is 27.8 Å². The van der Waals surface area contributed by atoms with Crippen molar-refractivity contribution < 1.29 is 22.6 Å². The van der Waals surface area contributed by atoms with E-state index in [1.165, 1.54) is 6.92 Å². The smallest absolute Gasteiger partial charge is 0.376 e. The van der Waals surface area contributed by atoms with E-state index in [1.54, 1.807) is 6.82 Å². The van der Waals surface area contributed by atoms with Crippen molar-refractivity contribution in [3.05, 3.63) is 21.4 Å². The predicted molar refractivity (Wildman–Crippen MR) is 118 cm³/mol. The first kappa shape index (κ1) is 21.5. The SMILES string of the molecule is CCS(=O)(=O)c1nc(N2C3CCC2CN(B(C)O)C3)c2c3c(c(Br)c(F)c2n1)COC3. The summed E-state index contributed by atoms with van der Waals surface area (Å²) >= 11 is 3.31. The summed E-state index contributed by atoms with van der Waals surface area (Å²) < 4.78 is 46.6. The van der Waals surface area contributed by atoms with Crippen LogP contribution < -0.4 is 4.90 Å². The van der Waals surface area contributed by atoms with Gasteiger partial charge in [-0.3, -0.25) is 0 Å². The molecule has 1 aromatic heterocycles. The molecule has 3 aliphatic rings. The van der Waals surface area contributed by atoms with Gasteiger partial charge in [0.15, 0.2) is 5.82 Å². The van der Waals surface area contributed by atoms with Crippen LogP contribution in [0.2, 0.25) is 6.82 Å². The summed E-state index contributed by atoms with van der Waals surface area (Å²) in [5.74, 6) is -0.300. The van der Waals surface area contributed by atoms with Crippen LogP contribution >= 0.6 is 15.9 Å². The number of hydrogen-bond acceptors (Lipinski definition) is 8. The first-order chi connectivity index (χ1) is 14.7. The van der Waals surface area contributed by atoms with E-state index < -0.39 is 22.7 Å². The quantitative estimate of drug-likeness (QED) is 0.491. The first-order valence-corrected chi connectivity index (χ1v) is 12.9. The molecule has 166 valence electrons. The highest BCUT2D eigenvalue weighted by Crippen LogP contribution is 2.44. The summed E-state index contributed by atoms with van der Waals surface area (Å²) in [6.45, 7) is 5.11. The van der Waals surface area contributed by atoms with E-state index >= 15 is 4.39 Å². The van der Waals surface area contributed by atoms with Crippen molar-refractivity contribution in [2.75, 3.05) is 23.7 Å². The summed E-state index contributed by atoms with van der Waals surface area (Å²) in [5.41, 5.74) is 1.53. The standard InChI is InChI=1S/C19H23BBrFN4O4S/c1-3-31(28,29)19-23-17-14(12-8-30-9-13(12)15(21)16(17)22)18(24-19)26-10-4-5-11(26)7-25(6-10)20(2)27/h10-11,27H,3-9H2,1-2H3. The Morgan fingerprint density at radius 3 is 2.48 bits per heavy atom. The number of piperazine rings is 1. The fraction of sp³-hybridized carbons (Fsp3) is 0.579. The Labute approximate surface area is 189 Å². The topological polar surface area (TPSA) is 95.9 Å². The maximum Gasteiger partial charge on any atom is 0.376 e. The summed E-state index contributed by atoms with van der Waals surface area (Å²) in [5, 5.41) is 10.3. The van der Waals surface area contributed by atoms with Crippen molar-refractivity contribution in [1.29, 1.82) is 0 Å². The third kappa shape index (κ3) is 3.29. The molecule has 4 heterocycles. The molecular formula is C19H23BBrFN4O4S. The van der Waals surface area contributed by atoms with Gasteiger partial charge in [0.25, 0.3) is 0 Å². The Kier molecular flexibility index (Phi) is 5.29. The number of fused-ring (bicyclic) bond motifs is 5. The minimum absolute atomic E-state index is 0.00510. The number of anilines is 1. The van der Waals surface area contributed by atoms with Crippen LogP contribution in [0.1, 0.15) is 30.9 Å². The molecule has 12 heteroatoms. The molecular weight excluding hydrogens is 490 g/mol. The van der Waals surface area contributed by atoms with Crippen molar-refractivity contribution in [3.8, 4) is 0 Å². The van der Waals surface area contributed by atoms with Gasteiger partial charge in [-0.1, -0.05) is 6.92 Å². The van der Waals surface area contributed by atoms with Crippen molar-refractivity contribution in [3.63, 3.8) is 0 Å². The average molecular weight is 513 g/mol. The van der Waals surface area contributed by atoms with Gasteiger partial charge in [-0.25, -0.2) is 22.8 Å². The van der Waals surface area contributed by atoms with E-state index in [4.69, 9.17) is 4.74 Å². The molecule has 0 saturated carbocycles. The number of ether oxygens (including phenoxy) is 1. The third-order valence-electron chi connectivity index (χ3n) is 6.64. The molecule has 0 spiro atoms. The van der Waals surface area contributed by atoms with Gasteiger partial charge in [0.2, 0.25) is 15.0 Å². The number of nitrogens with zero attached hydrogens (tertiary/aromatic N) is 4. The number of rotatable bonds is 4. The van der Waals surface area contributed by atoms with E-state index in [0.717, 1.165) is 24.0 Å². The zero-order chi connectivity index (χ0) is 22.1.